The third-order valence-corrected chi connectivity index (χ3v) is 6.32. The Hall–Kier alpha value is -3.16. The summed E-state index contributed by atoms with van der Waals surface area (Å²) < 4.78 is 5.74. The van der Waals surface area contributed by atoms with Gasteiger partial charge < -0.3 is 15.6 Å². The van der Waals surface area contributed by atoms with Crippen molar-refractivity contribution in [1.82, 2.24) is 4.98 Å². The number of hydrogen-bond donors (Lipinski definition) is 2. The second kappa shape index (κ2) is 10.4. The predicted molar refractivity (Wildman–Crippen MR) is 127 cm³/mol. The molecule has 0 spiro atoms. The van der Waals surface area contributed by atoms with E-state index in [0.717, 1.165) is 11.1 Å². The first-order valence-corrected chi connectivity index (χ1v) is 11.4. The monoisotopic (exact) mass is 450 g/mol. The zero-order valence-corrected chi connectivity index (χ0v) is 18.8. The van der Waals surface area contributed by atoms with Crippen LogP contribution in [-0.2, 0) is 4.79 Å². The minimum atomic E-state index is -2.09. The van der Waals surface area contributed by atoms with Gasteiger partial charge in [0.15, 0.2) is 11.3 Å². The lowest BCUT2D eigenvalue weighted by atomic mass is 9.82. The number of Topliss-reactive ketones (excluding diaryl/α,β-unsaturated/α-hetero) is 1. The summed E-state index contributed by atoms with van der Waals surface area (Å²) in [6.07, 6.45) is 4.97. The highest BCUT2D eigenvalue weighted by Gasteiger charge is 2.45. The van der Waals surface area contributed by atoms with Crippen LogP contribution in [0.25, 0.3) is 11.1 Å². The molecule has 6 nitrogen and oxygen atoms in total. The van der Waals surface area contributed by atoms with Gasteiger partial charge in [-0.3, -0.25) is 9.78 Å². The van der Waals surface area contributed by atoms with Crippen LogP contribution in [0.3, 0.4) is 0 Å². The lowest BCUT2D eigenvalue weighted by Gasteiger charge is -2.28. The van der Waals surface area contributed by atoms with Crippen molar-refractivity contribution in [2.45, 2.75) is 24.1 Å². The number of aliphatic carboxylic acids is 1. The average Bonchev–Trinajstić information content (AvgIpc) is 2.82. The number of hydrogen-bond acceptors (Lipinski definition) is 6. The van der Waals surface area contributed by atoms with Gasteiger partial charge in [0.05, 0.1) is 6.20 Å². The summed E-state index contributed by atoms with van der Waals surface area (Å²) in [5.74, 6) is -1.41. The average molecular weight is 451 g/mol. The third-order valence-electron chi connectivity index (χ3n) is 5.35. The van der Waals surface area contributed by atoms with Crippen molar-refractivity contribution in [3.05, 3.63) is 84.2 Å². The molecule has 2 aromatic carbocycles. The molecule has 1 aromatic heterocycles. The Morgan fingerprint density at radius 1 is 1.09 bits per heavy atom. The fourth-order valence-electron chi connectivity index (χ4n) is 3.50. The Labute approximate surface area is 191 Å². The van der Waals surface area contributed by atoms with Crippen molar-refractivity contribution in [1.29, 1.82) is 0 Å². The standard InChI is InChI=1S/C25H26N2O4S/c1-17-8-3-4-10-20(17)21-11-5-6-12-22(21)23(28)25(26,24(29)30)14-19(32-2)16-31-18-9-7-13-27-15-18/h3-13,15,19H,14,16,26H2,1-2H3,(H,29,30)/t19?,25-/m1/s1. The molecule has 0 fully saturated rings. The number of rotatable bonds is 10. The smallest absolute Gasteiger partial charge is 0.331 e. The predicted octanol–water partition coefficient (Wildman–Crippen LogP) is 4.22. The molecule has 3 N–H and O–H groups in total. The maximum atomic E-state index is 13.6. The number of ether oxygens (including phenoxy) is 1. The number of thioether (sulfide) groups is 1. The van der Waals surface area contributed by atoms with E-state index < -0.39 is 17.3 Å². The van der Waals surface area contributed by atoms with Gasteiger partial charge in [-0.15, -0.1) is 0 Å². The number of aromatic nitrogens is 1. The Balaban J connectivity index is 1.90. The van der Waals surface area contributed by atoms with Crippen molar-refractivity contribution in [2.24, 2.45) is 5.73 Å². The van der Waals surface area contributed by atoms with Gasteiger partial charge in [-0.25, -0.2) is 4.79 Å². The van der Waals surface area contributed by atoms with E-state index in [9.17, 15) is 14.7 Å². The summed E-state index contributed by atoms with van der Waals surface area (Å²) >= 11 is 1.41. The van der Waals surface area contributed by atoms with E-state index in [4.69, 9.17) is 10.5 Å². The van der Waals surface area contributed by atoms with Crippen LogP contribution in [-0.4, -0.2) is 45.5 Å². The minimum Gasteiger partial charge on any atom is -0.491 e. The fraction of sp³-hybridized carbons (Fsp3) is 0.240. The summed E-state index contributed by atoms with van der Waals surface area (Å²) in [7, 11) is 0. The number of carbonyl (C=O) groups excluding carboxylic acids is 1. The van der Waals surface area contributed by atoms with Crippen molar-refractivity contribution >= 4 is 23.5 Å². The van der Waals surface area contributed by atoms with Crippen molar-refractivity contribution in [2.75, 3.05) is 12.9 Å². The van der Waals surface area contributed by atoms with E-state index in [1.165, 1.54) is 11.8 Å². The number of aryl methyl sites for hydroxylation is 1. The topological polar surface area (TPSA) is 103 Å². The zero-order chi connectivity index (χ0) is 23.1. The summed E-state index contributed by atoms with van der Waals surface area (Å²) in [6, 6.07) is 18.2. The van der Waals surface area contributed by atoms with Crippen LogP contribution in [0.2, 0.25) is 0 Å². The van der Waals surface area contributed by atoms with Crippen LogP contribution in [0.1, 0.15) is 22.3 Å². The number of carboxylic acid groups (broad SMARTS) is 1. The van der Waals surface area contributed by atoms with Gasteiger partial charge in [0.2, 0.25) is 0 Å². The van der Waals surface area contributed by atoms with Gasteiger partial charge >= 0.3 is 5.97 Å². The van der Waals surface area contributed by atoms with E-state index in [1.807, 2.05) is 49.6 Å². The van der Waals surface area contributed by atoms with Crippen molar-refractivity contribution in [3.63, 3.8) is 0 Å². The number of carbonyl (C=O) groups is 2. The van der Waals surface area contributed by atoms with Crippen LogP contribution < -0.4 is 10.5 Å². The van der Waals surface area contributed by atoms with E-state index in [2.05, 4.69) is 4.98 Å². The lowest BCUT2D eigenvalue weighted by molar-refractivity contribution is -0.141. The second-order valence-electron chi connectivity index (χ2n) is 7.53. The summed E-state index contributed by atoms with van der Waals surface area (Å²) in [4.78, 5) is 29.8. The first kappa shape index (κ1) is 23.5. The number of carboxylic acids is 1. The van der Waals surface area contributed by atoms with E-state index in [0.29, 0.717) is 16.9 Å². The van der Waals surface area contributed by atoms with Crippen LogP contribution in [0.4, 0.5) is 0 Å². The molecule has 166 valence electrons. The fourth-order valence-corrected chi connectivity index (χ4v) is 4.13. The second-order valence-corrected chi connectivity index (χ2v) is 8.67. The first-order valence-electron chi connectivity index (χ1n) is 10.1. The Morgan fingerprint density at radius 2 is 1.78 bits per heavy atom. The van der Waals surface area contributed by atoms with Gasteiger partial charge in [0.1, 0.15) is 12.4 Å². The van der Waals surface area contributed by atoms with Crippen LogP contribution in [0, 0.1) is 6.92 Å². The molecule has 0 saturated carbocycles. The van der Waals surface area contributed by atoms with Crippen LogP contribution in [0.15, 0.2) is 73.1 Å². The number of nitrogens with two attached hydrogens (primary N) is 1. The number of ketones is 1. The highest BCUT2D eigenvalue weighted by atomic mass is 32.2. The Morgan fingerprint density at radius 3 is 2.41 bits per heavy atom. The van der Waals surface area contributed by atoms with E-state index in [1.54, 1.807) is 36.7 Å². The van der Waals surface area contributed by atoms with Crippen LogP contribution >= 0.6 is 11.8 Å². The molecule has 3 rings (SSSR count). The molecule has 0 bridgehead atoms. The molecular formula is C25H26N2O4S. The summed E-state index contributed by atoms with van der Waals surface area (Å²) in [6.45, 7) is 2.15. The van der Waals surface area contributed by atoms with Crippen molar-refractivity contribution < 1.29 is 19.4 Å². The molecule has 2 atom stereocenters. The molecule has 7 heteroatoms. The van der Waals surface area contributed by atoms with Crippen LogP contribution in [0.5, 0.6) is 5.75 Å². The normalized spacial score (nSPS) is 13.7. The molecule has 0 radical (unpaired) electrons. The summed E-state index contributed by atoms with van der Waals surface area (Å²) in [5, 5.41) is 9.69. The molecule has 0 aliphatic carbocycles. The Kier molecular flexibility index (Phi) is 7.66. The molecule has 0 saturated heterocycles. The largest absolute Gasteiger partial charge is 0.491 e. The lowest BCUT2D eigenvalue weighted by Crippen LogP contribution is -2.57. The van der Waals surface area contributed by atoms with Gasteiger partial charge in [-0.1, -0.05) is 48.5 Å². The van der Waals surface area contributed by atoms with Gasteiger partial charge in [0, 0.05) is 17.0 Å². The molecule has 1 unspecified atom stereocenters. The minimum absolute atomic E-state index is 0.0787. The first-order chi connectivity index (χ1) is 15.4. The van der Waals surface area contributed by atoms with E-state index >= 15 is 0 Å². The maximum Gasteiger partial charge on any atom is 0.331 e. The molecule has 0 amide bonds. The maximum absolute atomic E-state index is 13.6. The van der Waals surface area contributed by atoms with Gasteiger partial charge in [-0.2, -0.15) is 11.8 Å². The quantitative estimate of drug-likeness (QED) is 0.352. The summed E-state index contributed by atoms with van der Waals surface area (Å²) in [5.41, 5.74) is 7.03. The molecule has 3 aromatic rings. The number of pyridine rings is 1. The van der Waals surface area contributed by atoms with Gasteiger partial charge in [-0.05, 0) is 48.4 Å². The number of nitrogens with zero attached hydrogens (tertiary/aromatic N) is 1. The molecule has 0 aliphatic heterocycles. The zero-order valence-electron chi connectivity index (χ0n) is 18.0. The van der Waals surface area contributed by atoms with E-state index in [-0.39, 0.29) is 18.3 Å². The SMILES string of the molecule is CSC(COc1cccnc1)C[C@](N)(C(=O)O)C(=O)c1ccccc1-c1ccccc1C. The molecule has 0 aliphatic rings. The number of benzene rings is 2. The highest BCUT2D eigenvalue weighted by molar-refractivity contribution is 7.99. The highest BCUT2D eigenvalue weighted by Crippen LogP contribution is 2.31. The molecular weight excluding hydrogens is 424 g/mol. The molecule has 1 heterocycles. The van der Waals surface area contributed by atoms with Crippen molar-refractivity contribution in [3.8, 4) is 16.9 Å². The third kappa shape index (κ3) is 5.18. The van der Waals surface area contributed by atoms with Gasteiger partial charge in [0.25, 0.3) is 0 Å². The Bertz CT molecular complexity index is 1090. The molecule has 32 heavy (non-hydrogen) atoms.